The Labute approximate surface area is 82.8 Å². The highest BCUT2D eigenvalue weighted by molar-refractivity contribution is 5.19. The van der Waals surface area contributed by atoms with Crippen LogP contribution in [0.15, 0.2) is 48.8 Å². The van der Waals surface area contributed by atoms with E-state index in [0.29, 0.717) is 6.54 Å². The van der Waals surface area contributed by atoms with Crippen molar-refractivity contribution in [3.05, 3.63) is 54.5 Å². The molecule has 0 bridgehead atoms. The molecule has 2 rings (SSSR count). The first-order valence-corrected chi connectivity index (χ1v) is 4.50. The van der Waals surface area contributed by atoms with Crippen LogP contribution in [0.1, 0.15) is 5.69 Å². The van der Waals surface area contributed by atoms with Crippen LogP contribution in [0.4, 0.5) is 5.82 Å². The Balaban J connectivity index is 2.24. The fourth-order valence-corrected chi connectivity index (χ4v) is 1.30. The van der Waals surface area contributed by atoms with Crippen LogP contribution in [0.3, 0.4) is 0 Å². The number of hydrogen-bond acceptors (Lipinski definition) is 2. The second-order valence-corrected chi connectivity index (χ2v) is 3.07. The molecule has 0 fully saturated rings. The van der Waals surface area contributed by atoms with Crippen LogP contribution in [0.5, 0.6) is 0 Å². The molecule has 70 valence electrons. The summed E-state index contributed by atoms with van der Waals surface area (Å²) in [5.41, 5.74) is 6.81. The number of pyridine rings is 2. The third-order valence-corrected chi connectivity index (χ3v) is 2.03. The molecule has 0 aliphatic heterocycles. The summed E-state index contributed by atoms with van der Waals surface area (Å²) < 4.78 is 1.96. The summed E-state index contributed by atoms with van der Waals surface area (Å²) >= 11 is 0. The average molecular weight is 186 g/mol. The van der Waals surface area contributed by atoms with Gasteiger partial charge in [-0.1, -0.05) is 12.1 Å². The number of nitrogens with two attached hydrogens (primary N) is 1. The lowest BCUT2D eigenvalue weighted by Crippen LogP contribution is -2.37. The first-order chi connectivity index (χ1) is 6.86. The molecule has 0 atom stereocenters. The molecule has 0 spiro atoms. The van der Waals surface area contributed by atoms with E-state index in [-0.39, 0.29) is 0 Å². The van der Waals surface area contributed by atoms with Gasteiger partial charge in [0.1, 0.15) is 6.54 Å². The molecule has 2 aromatic heterocycles. The monoisotopic (exact) mass is 186 g/mol. The molecular weight excluding hydrogens is 174 g/mol. The van der Waals surface area contributed by atoms with E-state index in [0.717, 1.165) is 11.5 Å². The molecule has 3 heteroatoms. The van der Waals surface area contributed by atoms with Gasteiger partial charge in [-0.3, -0.25) is 10.7 Å². The number of rotatable bonds is 2. The molecule has 3 nitrogen and oxygen atoms in total. The van der Waals surface area contributed by atoms with Crippen LogP contribution in [0.25, 0.3) is 0 Å². The van der Waals surface area contributed by atoms with Gasteiger partial charge in [-0.2, -0.15) is 0 Å². The first-order valence-electron chi connectivity index (χ1n) is 4.50. The minimum absolute atomic E-state index is 0.716. The maximum Gasteiger partial charge on any atom is 0.272 e. The number of aromatic nitrogens is 2. The number of anilines is 1. The van der Waals surface area contributed by atoms with E-state index in [9.17, 15) is 0 Å². The van der Waals surface area contributed by atoms with Crippen LogP contribution in [0, 0.1) is 0 Å². The SMILES string of the molecule is Nc1cccc[n+]1Cc1ccccn1. The summed E-state index contributed by atoms with van der Waals surface area (Å²) in [7, 11) is 0. The molecule has 0 saturated carbocycles. The zero-order valence-electron chi connectivity index (χ0n) is 7.80. The van der Waals surface area contributed by atoms with Crippen LogP contribution < -0.4 is 10.3 Å². The second kappa shape index (κ2) is 3.87. The normalized spacial score (nSPS) is 10.0. The zero-order valence-corrected chi connectivity index (χ0v) is 7.80. The van der Waals surface area contributed by atoms with Crippen molar-refractivity contribution < 1.29 is 4.57 Å². The van der Waals surface area contributed by atoms with Crippen LogP contribution in [-0.4, -0.2) is 4.98 Å². The maximum atomic E-state index is 5.80. The fourth-order valence-electron chi connectivity index (χ4n) is 1.30. The summed E-state index contributed by atoms with van der Waals surface area (Å²) in [4.78, 5) is 4.24. The maximum absolute atomic E-state index is 5.80. The van der Waals surface area contributed by atoms with Gasteiger partial charge >= 0.3 is 0 Å². The highest BCUT2D eigenvalue weighted by Crippen LogP contribution is 1.96. The van der Waals surface area contributed by atoms with Gasteiger partial charge in [-0.25, -0.2) is 4.57 Å². The Morgan fingerprint density at radius 2 is 2.00 bits per heavy atom. The van der Waals surface area contributed by atoms with Crippen LogP contribution in [-0.2, 0) is 6.54 Å². The molecule has 2 N–H and O–H groups in total. The molecule has 2 aromatic rings. The summed E-state index contributed by atoms with van der Waals surface area (Å²) in [6.45, 7) is 0.716. The topological polar surface area (TPSA) is 42.8 Å². The van der Waals surface area contributed by atoms with Gasteiger partial charge in [0.25, 0.3) is 5.82 Å². The predicted molar refractivity (Wildman–Crippen MR) is 54.4 cm³/mol. The lowest BCUT2D eigenvalue weighted by Gasteiger charge is -2.01. The predicted octanol–water partition coefficient (Wildman–Crippen LogP) is 1.000. The standard InChI is InChI=1S/C11H11N3/c12-11-6-2-4-8-14(11)9-10-5-1-3-7-13-10/h1-8,12H,9H2/p+1. The Morgan fingerprint density at radius 1 is 1.14 bits per heavy atom. The molecule has 0 amide bonds. The quantitative estimate of drug-likeness (QED) is 0.711. The van der Waals surface area contributed by atoms with Crippen molar-refractivity contribution in [2.24, 2.45) is 0 Å². The minimum atomic E-state index is 0.716. The van der Waals surface area contributed by atoms with E-state index in [1.54, 1.807) is 6.20 Å². The second-order valence-electron chi connectivity index (χ2n) is 3.07. The lowest BCUT2D eigenvalue weighted by molar-refractivity contribution is -0.674. The fraction of sp³-hybridized carbons (Fsp3) is 0.0909. The Bertz CT molecular complexity index is 412. The molecule has 0 saturated heterocycles. The Kier molecular flexibility index (Phi) is 2.40. The van der Waals surface area contributed by atoms with Crippen molar-refractivity contribution in [1.29, 1.82) is 0 Å². The van der Waals surface area contributed by atoms with Gasteiger partial charge in [0, 0.05) is 12.3 Å². The third-order valence-electron chi connectivity index (χ3n) is 2.03. The zero-order chi connectivity index (χ0) is 9.80. The van der Waals surface area contributed by atoms with E-state index < -0.39 is 0 Å². The first kappa shape index (κ1) is 8.69. The van der Waals surface area contributed by atoms with Crippen molar-refractivity contribution in [3.63, 3.8) is 0 Å². The minimum Gasteiger partial charge on any atom is -0.287 e. The van der Waals surface area contributed by atoms with Crippen molar-refractivity contribution in [2.45, 2.75) is 6.54 Å². The molecule has 14 heavy (non-hydrogen) atoms. The number of nitrogen functional groups attached to an aromatic ring is 1. The van der Waals surface area contributed by atoms with E-state index >= 15 is 0 Å². The smallest absolute Gasteiger partial charge is 0.272 e. The highest BCUT2D eigenvalue weighted by atomic mass is 15.0. The van der Waals surface area contributed by atoms with Crippen molar-refractivity contribution in [1.82, 2.24) is 4.98 Å². The number of nitrogens with zero attached hydrogens (tertiary/aromatic N) is 2. The molecule has 0 aliphatic rings. The van der Waals surface area contributed by atoms with Gasteiger partial charge in [-0.05, 0) is 18.2 Å². The largest absolute Gasteiger partial charge is 0.287 e. The van der Waals surface area contributed by atoms with Crippen molar-refractivity contribution in [3.8, 4) is 0 Å². The van der Waals surface area contributed by atoms with Crippen LogP contribution in [0.2, 0.25) is 0 Å². The number of hydrogen-bond donors (Lipinski definition) is 1. The van der Waals surface area contributed by atoms with Crippen molar-refractivity contribution >= 4 is 5.82 Å². The van der Waals surface area contributed by atoms with Crippen LogP contribution >= 0.6 is 0 Å². The van der Waals surface area contributed by atoms with Crippen molar-refractivity contribution in [2.75, 3.05) is 5.73 Å². The molecular formula is C11H12N3+. The van der Waals surface area contributed by atoms with Gasteiger partial charge in [-0.15, -0.1) is 0 Å². The Morgan fingerprint density at radius 3 is 2.71 bits per heavy atom. The highest BCUT2D eigenvalue weighted by Gasteiger charge is 2.03. The molecule has 0 unspecified atom stereocenters. The molecule has 0 radical (unpaired) electrons. The van der Waals surface area contributed by atoms with E-state index in [1.165, 1.54) is 0 Å². The van der Waals surface area contributed by atoms with E-state index in [4.69, 9.17) is 5.73 Å². The van der Waals surface area contributed by atoms with Gasteiger partial charge in [0.05, 0.1) is 11.9 Å². The summed E-state index contributed by atoms with van der Waals surface area (Å²) in [6, 6.07) is 11.6. The summed E-state index contributed by atoms with van der Waals surface area (Å²) in [5, 5.41) is 0. The summed E-state index contributed by atoms with van der Waals surface area (Å²) in [5.74, 6) is 0.748. The lowest BCUT2D eigenvalue weighted by atomic mass is 10.3. The van der Waals surface area contributed by atoms with E-state index in [1.807, 2.05) is 47.2 Å². The molecule has 2 heterocycles. The Hall–Kier alpha value is -1.90. The van der Waals surface area contributed by atoms with Gasteiger partial charge in [0.2, 0.25) is 0 Å². The van der Waals surface area contributed by atoms with Gasteiger partial charge in [0.15, 0.2) is 0 Å². The average Bonchev–Trinajstić information content (AvgIpc) is 2.23. The summed E-state index contributed by atoms with van der Waals surface area (Å²) in [6.07, 6.45) is 3.74. The third kappa shape index (κ3) is 1.88. The molecule has 0 aromatic carbocycles. The van der Waals surface area contributed by atoms with E-state index in [2.05, 4.69) is 4.98 Å². The molecule has 0 aliphatic carbocycles. The van der Waals surface area contributed by atoms with Gasteiger partial charge < -0.3 is 0 Å².